The number of nitrogens with zero attached hydrogens (tertiary/aromatic N) is 1. The lowest BCUT2D eigenvalue weighted by molar-refractivity contribution is -0.127. The van der Waals surface area contributed by atoms with Crippen molar-refractivity contribution in [1.29, 1.82) is 0 Å². The number of methoxy groups -OCH3 is 2. The summed E-state index contributed by atoms with van der Waals surface area (Å²) in [6, 6.07) is 45.5. The Morgan fingerprint density at radius 1 is 0.673 bits per heavy atom. The van der Waals surface area contributed by atoms with Gasteiger partial charge in [-0.15, -0.1) is 0 Å². The van der Waals surface area contributed by atoms with Gasteiger partial charge in [0.1, 0.15) is 23.9 Å². The highest BCUT2D eigenvalue weighted by atomic mass is 16.5. The van der Waals surface area contributed by atoms with Gasteiger partial charge in [0.15, 0.2) is 0 Å². The van der Waals surface area contributed by atoms with E-state index in [1.165, 1.54) is 0 Å². The Morgan fingerprint density at radius 2 is 1.16 bits per heavy atom. The summed E-state index contributed by atoms with van der Waals surface area (Å²) in [6.07, 6.45) is 1.72. The molecule has 7 nitrogen and oxygen atoms in total. The third kappa shape index (κ3) is 10.4. The van der Waals surface area contributed by atoms with E-state index in [4.69, 9.17) is 19.9 Å². The summed E-state index contributed by atoms with van der Waals surface area (Å²) in [5.74, 6) is 2.66. The fourth-order valence-corrected chi connectivity index (χ4v) is 6.00. The number of piperidine rings is 1. The van der Waals surface area contributed by atoms with Crippen LogP contribution in [0.1, 0.15) is 47.2 Å². The first-order valence-corrected chi connectivity index (χ1v) is 16.9. The van der Waals surface area contributed by atoms with Crippen LogP contribution in [-0.4, -0.2) is 51.3 Å². The largest absolute Gasteiger partial charge is 0.497 e. The lowest BCUT2D eigenvalue weighted by Gasteiger charge is -2.32. The minimum absolute atomic E-state index is 0.0214. The Hall–Kier alpha value is -5.11. The Bertz CT molecular complexity index is 1690. The predicted octanol–water partition coefficient (Wildman–Crippen LogP) is 7.44. The topological polar surface area (TPSA) is 86.1 Å². The van der Waals surface area contributed by atoms with E-state index in [0.29, 0.717) is 6.61 Å². The molecule has 254 valence electrons. The summed E-state index contributed by atoms with van der Waals surface area (Å²) in [5.41, 5.74) is 10.4. The molecule has 1 heterocycles. The molecular formula is C42H47N3O4. The van der Waals surface area contributed by atoms with Crippen molar-refractivity contribution in [2.24, 2.45) is 11.7 Å². The third-order valence-electron chi connectivity index (χ3n) is 8.84. The molecule has 0 spiro atoms. The van der Waals surface area contributed by atoms with Crippen molar-refractivity contribution in [3.8, 4) is 17.2 Å². The Balaban J connectivity index is 0.000000244. The molecule has 1 saturated heterocycles. The van der Waals surface area contributed by atoms with E-state index < -0.39 is 0 Å². The van der Waals surface area contributed by atoms with Crippen LogP contribution in [0.4, 0.5) is 0 Å². The standard InChI is InChI=1S/C28H32N2O3.C14H15NO/c1-32-26-14-8-11-24(21-26)27(22-9-4-2-5-10-22)29-28(31)23-15-17-30(18-16-23)19-20-33-25-12-6-3-7-13-25;1-16-13-9-5-8-12(10-13)14(15)11-6-3-2-4-7-11/h2-14,21,23,27H,15-20H2,1H3,(H,29,31);2-10,14H,15H2,1H3. The molecule has 49 heavy (non-hydrogen) atoms. The fourth-order valence-electron chi connectivity index (χ4n) is 6.00. The Labute approximate surface area is 290 Å². The van der Waals surface area contributed by atoms with Crippen molar-refractivity contribution >= 4 is 5.91 Å². The molecule has 7 heteroatoms. The van der Waals surface area contributed by atoms with Crippen molar-refractivity contribution in [1.82, 2.24) is 10.2 Å². The average Bonchev–Trinajstić information content (AvgIpc) is 3.18. The van der Waals surface area contributed by atoms with E-state index in [1.807, 2.05) is 127 Å². The minimum Gasteiger partial charge on any atom is -0.497 e. The highest BCUT2D eigenvalue weighted by molar-refractivity contribution is 5.79. The van der Waals surface area contributed by atoms with E-state index in [0.717, 1.165) is 72.0 Å². The van der Waals surface area contributed by atoms with Crippen LogP contribution >= 0.6 is 0 Å². The first-order chi connectivity index (χ1) is 24.0. The maximum absolute atomic E-state index is 13.2. The maximum atomic E-state index is 13.2. The Morgan fingerprint density at radius 3 is 1.76 bits per heavy atom. The lowest BCUT2D eigenvalue weighted by atomic mass is 9.93. The number of carbonyl (C=O) groups is 1. The molecule has 2 atom stereocenters. The number of ether oxygens (including phenoxy) is 3. The van der Waals surface area contributed by atoms with Crippen LogP contribution < -0.4 is 25.3 Å². The van der Waals surface area contributed by atoms with Crippen molar-refractivity contribution in [3.63, 3.8) is 0 Å². The van der Waals surface area contributed by atoms with Crippen LogP contribution in [0.25, 0.3) is 0 Å². The number of nitrogens with one attached hydrogen (secondary N) is 1. The number of rotatable bonds is 12. The van der Waals surface area contributed by atoms with Crippen molar-refractivity contribution < 1.29 is 19.0 Å². The summed E-state index contributed by atoms with van der Waals surface area (Å²) < 4.78 is 16.4. The molecule has 5 aromatic carbocycles. The normalized spacial score (nSPS) is 14.4. The zero-order valence-electron chi connectivity index (χ0n) is 28.4. The number of carbonyl (C=O) groups excluding carboxylic acids is 1. The average molecular weight is 658 g/mol. The zero-order chi connectivity index (χ0) is 34.3. The van der Waals surface area contributed by atoms with Crippen LogP contribution in [0.3, 0.4) is 0 Å². The molecule has 0 radical (unpaired) electrons. The second kappa shape index (κ2) is 18.4. The van der Waals surface area contributed by atoms with Crippen molar-refractivity contribution in [2.75, 3.05) is 40.5 Å². The quantitative estimate of drug-likeness (QED) is 0.145. The van der Waals surface area contributed by atoms with Gasteiger partial charge in [0, 0.05) is 12.5 Å². The predicted molar refractivity (Wildman–Crippen MR) is 196 cm³/mol. The molecular weight excluding hydrogens is 610 g/mol. The Kier molecular flexibility index (Phi) is 13.2. The van der Waals surface area contributed by atoms with Crippen LogP contribution in [0, 0.1) is 5.92 Å². The van der Waals surface area contributed by atoms with Gasteiger partial charge >= 0.3 is 0 Å². The molecule has 0 aromatic heterocycles. The number of nitrogens with two attached hydrogens (primary N) is 1. The van der Waals surface area contributed by atoms with Gasteiger partial charge in [0.05, 0.1) is 26.3 Å². The van der Waals surface area contributed by atoms with E-state index >= 15 is 0 Å². The molecule has 0 bridgehead atoms. The third-order valence-corrected chi connectivity index (χ3v) is 8.84. The number of para-hydroxylation sites is 1. The molecule has 0 aliphatic carbocycles. The molecule has 1 fully saturated rings. The number of amides is 1. The molecule has 1 amide bonds. The van der Waals surface area contributed by atoms with Gasteiger partial charge in [-0.25, -0.2) is 0 Å². The molecule has 3 N–H and O–H groups in total. The van der Waals surface area contributed by atoms with Gasteiger partial charge in [-0.2, -0.15) is 0 Å². The first kappa shape index (κ1) is 35.2. The van der Waals surface area contributed by atoms with Crippen molar-refractivity contribution in [3.05, 3.63) is 162 Å². The van der Waals surface area contributed by atoms with Gasteiger partial charge in [-0.1, -0.05) is 103 Å². The lowest BCUT2D eigenvalue weighted by Crippen LogP contribution is -2.42. The molecule has 5 aromatic rings. The van der Waals surface area contributed by atoms with Crippen LogP contribution in [-0.2, 0) is 4.79 Å². The smallest absolute Gasteiger partial charge is 0.223 e. The highest BCUT2D eigenvalue weighted by Crippen LogP contribution is 2.27. The monoisotopic (exact) mass is 657 g/mol. The zero-order valence-corrected chi connectivity index (χ0v) is 28.4. The second-order valence-electron chi connectivity index (χ2n) is 12.1. The van der Waals surface area contributed by atoms with Gasteiger partial charge in [0.25, 0.3) is 0 Å². The van der Waals surface area contributed by atoms with E-state index in [1.54, 1.807) is 14.2 Å². The van der Waals surface area contributed by atoms with E-state index in [9.17, 15) is 4.79 Å². The van der Waals surface area contributed by atoms with Gasteiger partial charge in [-0.3, -0.25) is 9.69 Å². The van der Waals surface area contributed by atoms with Gasteiger partial charge in [-0.05, 0) is 84.6 Å². The first-order valence-electron chi connectivity index (χ1n) is 16.9. The van der Waals surface area contributed by atoms with Crippen LogP contribution in [0.15, 0.2) is 140 Å². The minimum atomic E-state index is -0.203. The molecule has 6 rings (SSSR count). The summed E-state index contributed by atoms with van der Waals surface area (Å²) in [4.78, 5) is 15.6. The highest BCUT2D eigenvalue weighted by Gasteiger charge is 2.27. The van der Waals surface area contributed by atoms with Gasteiger partial charge in [0.2, 0.25) is 5.91 Å². The molecule has 1 aliphatic heterocycles. The van der Waals surface area contributed by atoms with E-state index in [-0.39, 0.29) is 23.9 Å². The summed E-state index contributed by atoms with van der Waals surface area (Å²) in [5, 5.41) is 3.31. The number of likely N-dealkylation sites (tertiary alicyclic amines) is 1. The molecule has 1 aliphatic rings. The SMILES string of the molecule is COc1cccc(C(N)c2ccccc2)c1.COc1cccc(C(NC(=O)C2CCN(CCOc3ccccc3)CC2)c2ccccc2)c1. The fraction of sp³-hybridized carbons (Fsp3) is 0.262. The summed E-state index contributed by atoms with van der Waals surface area (Å²) in [7, 11) is 3.32. The maximum Gasteiger partial charge on any atom is 0.223 e. The molecule has 0 saturated carbocycles. The number of hydrogen-bond acceptors (Lipinski definition) is 6. The second-order valence-corrected chi connectivity index (χ2v) is 12.1. The van der Waals surface area contributed by atoms with Crippen molar-refractivity contribution in [2.45, 2.75) is 24.9 Å². The summed E-state index contributed by atoms with van der Waals surface area (Å²) >= 11 is 0. The van der Waals surface area contributed by atoms with Crippen LogP contribution in [0.2, 0.25) is 0 Å². The number of hydrogen-bond donors (Lipinski definition) is 2. The van der Waals surface area contributed by atoms with Gasteiger partial charge < -0.3 is 25.3 Å². The summed E-state index contributed by atoms with van der Waals surface area (Å²) in [6.45, 7) is 3.35. The number of benzene rings is 5. The molecule has 2 unspecified atom stereocenters. The van der Waals surface area contributed by atoms with E-state index in [2.05, 4.69) is 22.3 Å². The van der Waals surface area contributed by atoms with Crippen LogP contribution in [0.5, 0.6) is 17.2 Å².